The molecule has 1 aliphatic rings. The van der Waals surface area contributed by atoms with E-state index in [0.29, 0.717) is 0 Å². The standard InChI is InChI=1S/C18H21N3/c1-20(2)15-9-10-17-16(13-15)18(19-11-12-21(17)3)14-7-5-4-6-8-14/h4-10,13H,11-12H2,1-3H3. The summed E-state index contributed by atoms with van der Waals surface area (Å²) >= 11 is 0. The summed E-state index contributed by atoms with van der Waals surface area (Å²) in [4.78, 5) is 9.26. The van der Waals surface area contributed by atoms with Gasteiger partial charge in [0.05, 0.1) is 12.3 Å². The van der Waals surface area contributed by atoms with Crippen molar-refractivity contribution >= 4 is 17.1 Å². The number of hydrogen-bond donors (Lipinski definition) is 0. The molecule has 0 spiro atoms. The van der Waals surface area contributed by atoms with Gasteiger partial charge in [0.15, 0.2) is 0 Å². The molecule has 3 rings (SSSR count). The SMILES string of the molecule is CN(C)c1ccc2c(c1)C(c1ccccc1)=NCCN2C. The second kappa shape index (κ2) is 5.60. The second-order valence-electron chi connectivity index (χ2n) is 5.61. The van der Waals surface area contributed by atoms with Crippen molar-refractivity contribution in [1.29, 1.82) is 0 Å². The Morgan fingerprint density at radius 1 is 1.05 bits per heavy atom. The molecule has 3 nitrogen and oxygen atoms in total. The van der Waals surface area contributed by atoms with Crippen LogP contribution in [0.5, 0.6) is 0 Å². The van der Waals surface area contributed by atoms with Gasteiger partial charge in [0.2, 0.25) is 0 Å². The van der Waals surface area contributed by atoms with E-state index >= 15 is 0 Å². The monoisotopic (exact) mass is 279 g/mol. The van der Waals surface area contributed by atoms with Crippen molar-refractivity contribution in [1.82, 2.24) is 0 Å². The Morgan fingerprint density at radius 3 is 2.52 bits per heavy atom. The Hall–Kier alpha value is -2.29. The van der Waals surface area contributed by atoms with Crippen LogP contribution in [-0.4, -0.2) is 39.9 Å². The number of benzene rings is 2. The number of fused-ring (bicyclic) bond motifs is 1. The highest BCUT2D eigenvalue weighted by atomic mass is 15.1. The summed E-state index contributed by atoms with van der Waals surface area (Å²) in [7, 11) is 6.28. The molecule has 2 aromatic rings. The maximum absolute atomic E-state index is 4.84. The van der Waals surface area contributed by atoms with Gasteiger partial charge in [-0.3, -0.25) is 4.99 Å². The molecule has 0 radical (unpaired) electrons. The summed E-state index contributed by atoms with van der Waals surface area (Å²) < 4.78 is 0. The summed E-state index contributed by atoms with van der Waals surface area (Å²) in [5, 5.41) is 0. The summed E-state index contributed by atoms with van der Waals surface area (Å²) in [6, 6.07) is 17.1. The summed E-state index contributed by atoms with van der Waals surface area (Å²) in [5.41, 5.74) is 5.95. The molecule has 0 amide bonds. The maximum atomic E-state index is 4.84. The second-order valence-corrected chi connectivity index (χ2v) is 5.61. The molecule has 0 N–H and O–H groups in total. The number of anilines is 2. The predicted molar refractivity (Wildman–Crippen MR) is 91.0 cm³/mol. The molecule has 1 aliphatic heterocycles. The first-order valence-corrected chi connectivity index (χ1v) is 7.29. The lowest BCUT2D eigenvalue weighted by Gasteiger charge is -2.22. The molecule has 2 aromatic carbocycles. The van der Waals surface area contributed by atoms with E-state index in [4.69, 9.17) is 4.99 Å². The minimum Gasteiger partial charge on any atom is -0.378 e. The number of hydrogen-bond acceptors (Lipinski definition) is 3. The van der Waals surface area contributed by atoms with Crippen LogP contribution in [0.1, 0.15) is 11.1 Å². The van der Waals surface area contributed by atoms with Gasteiger partial charge in [-0.05, 0) is 18.2 Å². The third-order valence-electron chi connectivity index (χ3n) is 3.92. The van der Waals surface area contributed by atoms with Crippen LogP contribution in [0, 0.1) is 0 Å². The Kier molecular flexibility index (Phi) is 3.65. The van der Waals surface area contributed by atoms with E-state index in [-0.39, 0.29) is 0 Å². The molecule has 0 bridgehead atoms. The van der Waals surface area contributed by atoms with Crippen LogP contribution in [-0.2, 0) is 0 Å². The van der Waals surface area contributed by atoms with Gasteiger partial charge in [-0.25, -0.2) is 0 Å². The van der Waals surface area contributed by atoms with Gasteiger partial charge < -0.3 is 9.80 Å². The Labute approximate surface area is 126 Å². The zero-order valence-corrected chi connectivity index (χ0v) is 12.9. The molecule has 0 aromatic heterocycles. The molecular weight excluding hydrogens is 258 g/mol. The van der Waals surface area contributed by atoms with Crippen molar-refractivity contribution in [2.45, 2.75) is 0 Å². The van der Waals surface area contributed by atoms with Gasteiger partial charge in [-0.2, -0.15) is 0 Å². The fourth-order valence-corrected chi connectivity index (χ4v) is 2.68. The number of rotatable bonds is 2. The molecule has 1 heterocycles. The van der Waals surface area contributed by atoms with E-state index in [2.05, 4.69) is 73.4 Å². The summed E-state index contributed by atoms with van der Waals surface area (Å²) in [6.07, 6.45) is 0. The van der Waals surface area contributed by atoms with Crippen LogP contribution in [0.2, 0.25) is 0 Å². The van der Waals surface area contributed by atoms with Gasteiger partial charge in [-0.15, -0.1) is 0 Å². The van der Waals surface area contributed by atoms with Crippen LogP contribution in [0.15, 0.2) is 53.5 Å². The van der Waals surface area contributed by atoms with Crippen LogP contribution in [0.25, 0.3) is 0 Å². The van der Waals surface area contributed by atoms with Crippen molar-refractivity contribution in [3.8, 4) is 0 Å². The van der Waals surface area contributed by atoms with Gasteiger partial charge in [-0.1, -0.05) is 30.3 Å². The van der Waals surface area contributed by atoms with Gasteiger partial charge in [0.25, 0.3) is 0 Å². The first-order valence-electron chi connectivity index (χ1n) is 7.29. The normalized spacial score (nSPS) is 14.2. The maximum Gasteiger partial charge on any atom is 0.0741 e. The number of aliphatic imine (C=N–C) groups is 1. The average molecular weight is 279 g/mol. The van der Waals surface area contributed by atoms with Crippen molar-refractivity contribution in [2.75, 3.05) is 44.0 Å². The van der Waals surface area contributed by atoms with Crippen LogP contribution in [0.4, 0.5) is 11.4 Å². The molecule has 0 unspecified atom stereocenters. The Morgan fingerprint density at radius 2 is 1.81 bits per heavy atom. The largest absolute Gasteiger partial charge is 0.378 e. The quantitative estimate of drug-likeness (QED) is 0.841. The van der Waals surface area contributed by atoms with Crippen LogP contribution < -0.4 is 9.80 Å². The third-order valence-corrected chi connectivity index (χ3v) is 3.92. The van der Waals surface area contributed by atoms with Crippen molar-refractivity contribution < 1.29 is 0 Å². The predicted octanol–water partition coefficient (Wildman–Crippen LogP) is 3.04. The van der Waals surface area contributed by atoms with E-state index in [0.717, 1.165) is 18.8 Å². The van der Waals surface area contributed by atoms with Crippen molar-refractivity contribution in [2.24, 2.45) is 4.99 Å². The van der Waals surface area contributed by atoms with E-state index in [1.807, 2.05) is 6.07 Å². The average Bonchev–Trinajstić information content (AvgIpc) is 2.67. The topological polar surface area (TPSA) is 18.8 Å². The minimum atomic E-state index is 0.826. The lowest BCUT2D eigenvalue weighted by atomic mass is 9.99. The van der Waals surface area contributed by atoms with Gasteiger partial charge in [0, 0.05) is 50.2 Å². The molecule has 21 heavy (non-hydrogen) atoms. The van der Waals surface area contributed by atoms with Crippen molar-refractivity contribution in [3.63, 3.8) is 0 Å². The molecule has 0 saturated carbocycles. The highest BCUT2D eigenvalue weighted by molar-refractivity contribution is 6.16. The van der Waals surface area contributed by atoms with E-state index in [1.54, 1.807) is 0 Å². The third kappa shape index (κ3) is 2.64. The van der Waals surface area contributed by atoms with Crippen LogP contribution in [0.3, 0.4) is 0 Å². The van der Waals surface area contributed by atoms with E-state index in [1.165, 1.54) is 22.5 Å². The number of likely N-dealkylation sites (N-methyl/N-ethyl adjacent to an activating group) is 1. The summed E-state index contributed by atoms with van der Waals surface area (Å²) in [5.74, 6) is 0. The lowest BCUT2D eigenvalue weighted by molar-refractivity contribution is 0.896. The van der Waals surface area contributed by atoms with Crippen molar-refractivity contribution in [3.05, 3.63) is 59.7 Å². The molecule has 0 saturated heterocycles. The molecule has 3 heteroatoms. The van der Waals surface area contributed by atoms with Crippen LogP contribution >= 0.6 is 0 Å². The fraction of sp³-hybridized carbons (Fsp3) is 0.278. The number of nitrogens with zero attached hydrogens (tertiary/aromatic N) is 3. The molecule has 108 valence electrons. The highest BCUT2D eigenvalue weighted by Gasteiger charge is 2.18. The molecular formula is C18H21N3. The Balaban J connectivity index is 2.17. The minimum absolute atomic E-state index is 0.826. The number of benzodiazepines with no additional fused rings is 1. The Bertz CT molecular complexity index is 659. The van der Waals surface area contributed by atoms with E-state index < -0.39 is 0 Å². The molecule has 0 atom stereocenters. The first-order chi connectivity index (χ1) is 10.2. The van der Waals surface area contributed by atoms with E-state index in [9.17, 15) is 0 Å². The first kappa shape index (κ1) is 13.7. The van der Waals surface area contributed by atoms with Gasteiger partial charge in [0.1, 0.15) is 0 Å². The zero-order valence-electron chi connectivity index (χ0n) is 12.9. The molecule has 0 aliphatic carbocycles. The highest BCUT2D eigenvalue weighted by Crippen LogP contribution is 2.29. The fourth-order valence-electron chi connectivity index (χ4n) is 2.68. The molecule has 0 fully saturated rings. The smallest absolute Gasteiger partial charge is 0.0741 e. The summed E-state index contributed by atoms with van der Waals surface area (Å²) in [6.45, 7) is 1.78. The zero-order chi connectivity index (χ0) is 14.8. The van der Waals surface area contributed by atoms with Gasteiger partial charge >= 0.3 is 0 Å². The lowest BCUT2D eigenvalue weighted by Crippen LogP contribution is -2.20.